The maximum absolute atomic E-state index is 12.7. The number of piperidine rings is 1. The van der Waals surface area contributed by atoms with Gasteiger partial charge in [0.05, 0.1) is 30.0 Å². The lowest BCUT2D eigenvalue weighted by Crippen LogP contribution is -2.32. The van der Waals surface area contributed by atoms with Crippen molar-refractivity contribution in [1.29, 1.82) is 0 Å². The average Bonchev–Trinajstić information content (AvgIpc) is 3.53. The van der Waals surface area contributed by atoms with E-state index in [4.69, 9.17) is 4.42 Å². The Labute approximate surface area is 189 Å². The van der Waals surface area contributed by atoms with Crippen LogP contribution in [-0.2, 0) is 17.9 Å². The van der Waals surface area contributed by atoms with Gasteiger partial charge in [0.25, 0.3) is 0 Å². The first-order valence-electron chi connectivity index (χ1n) is 10.3. The van der Waals surface area contributed by atoms with Crippen LogP contribution in [0.2, 0.25) is 0 Å². The second-order valence-electron chi connectivity index (χ2n) is 7.38. The number of carbonyl (C=O) groups excluding carboxylic acids is 2. The first kappa shape index (κ1) is 21.6. The van der Waals surface area contributed by atoms with Gasteiger partial charge >= 0.3 is 0 Å². The Kier molecular flexibility index (Phi) is 7.08. The quantitative estimate of drug-likeness (QED) is 0.386. The fraction of sp³-hybridized carbons (Fsp3) is 0.429. The molecule has 0 aromatic carbocycles. The summed E-state index contributed by atoms with van der Waals surface area (Å²) in [5.74, 6) is 1.89. The van der Waals surface area contributed by atoms with Gasteiger partial charge in [0.1, 0.15) is 5.76 Å². The van der Waals surface area contributed by atoms with E-state index in [1.54, 1.807) is 6.26 Å². The molecule has 1 aliphatic heterocycles. The Bertz CT molecular complexity index is 1020. The van der Waals surface area contributed by atoms with Crippen LogP contribution in [0.25, 0.3) is 0 Å². The van der Waals surface area contributed by atoms with Crippen LogP contribution in [0.3, 0.4) is 0 Å². The third-order valence-electron chi connectivity index (χ3n) is 5.01. The van der Waals surface area contributed by atoms with Crippen molar-refractivity contribution in [2.24, 2.45) is 0 Å². The molecule has 0 atom stereocenters. The molecule has 31 heavy (non-hydrogen) atoms. The lowest BCUT2D eigenvalue weighted by molar-refractivity contribution is -0.119. The van der Waals surface area contributed by atoms with E-state index in [9.17, 15) is 9.59 Å². The summed E-state index contributed by atoms with van der Waals surface area (Å²) in [7, 11) is 0. The van der Waals surface area contributed by atoms with E-state index >= 15 is 0 Å². The molecule has 3 aromatic rings. The molecule has 10 heteroatoms. The minimum Gasteiger partial charge on any atom is -0.467 e. The molecule has 3 aromatic heterocycles. The molecule has 0 bridgehead atoms. The second-order valence-corrected chi connectivity index (χ2v) is 9.49. The third-order valence-corrected chi connectivity index (χ3v) is 7.10. The molecule has 1 N–H and O–H groups in total. The molecule has 164 valence electrons. The molecular weight excluding hydrogens is 434 g/mol. The number of nitrogens with zero attached hydrogens (tertiary/aromatic N) is 4. The summed E-state index contributed by atoms with van der Waals surface area (Å²) >= 11 is 2.80. The van der Waals surface area contributed by atoms with Crippen LogP contribution in [0, 0.1) is 0 Å². The van der Waals surface area contributed by atoms with Crippen molar-refractivity contribution in [3.63, 3.8) is 0 Å². The number of amides is 1. The summed E-state index contributed by atoms with van der Waals surface area (Å²) in [5, 5.41) is 12.3. The van der Waals surface area contributed by atoms with E-state index in [1.165, 1.54) is 36.4 Å². The number of Topliss-reactive ketones (excluding diaryl/α,β-unsaturated/α-hetero) is 1. The Morgan fingerprint density at radius 2 is 2.03 bits per heavy atom. The van der Waals surface area contributed by atoms with Crippen LogP contribution < -0.4 is 10.2 Å². The molecule has 0 unspecified atom stereocenters. The molecule has 0 aliphatic carbocycles. The van der Waals surface area contributed by atoms with Crippen LogP contribution in [-0.4, -0.2) is 45.3 Å². The zero-order valence-corrected chi connectivity index (χ0v) is 19.0. The first-order chi connectivity index (χ1) is 15.1. The predicted molar refractivity (Wildman–Crippen MR) is 121 cm³/mol. The first-order valence-corrected chi connectivity index (χ1v) is 12.1. The van der Waals surface area contributed by atoms with Crippen LogP contribution >= 0.6 is 23.1 Å². The van der Waals surface area contributed by atoms with Crippen molar-refractivity contribution in [2.45, 2.75) is 44.4 Å². The number of ketones is 1. The monoisotopic (exact) mass is 459 g/mol. The minimum atomic E-state index is -0.0859. The van der Waals surface area contributed by atoms with Gasteiger partial charge in [-0.3, -0.25) is 14.2 Å². The van der Waals surface area contributed by atoms with E-state index in [0.717, 1.165) is 42.5 Å². The minimum absolute atomic E-state index is 0.0381. The summed E-state index contributed by atoms with van der Waals surface area (Å²) in [6.45, 7) is 4.38. The van der Waals surface area contributed by atoms with E-state index in [2.05, 4.69) is 20.4 Å². The number of furan rings is 1. The molecule has 1 saturated heterocycles. The summed E-state index contributed by atoms with van der Waals surface area (Å²) in [6.07, 6.45) is 5.19. The zero-order valence-electron chi connectivity index (χ0n) is 17.4. The highest BCUT2D eigenvalue weighted by molar-refractivity contribution is 7.99. The Hall–Kier alpha value is -2.59. The number of rotatable bonds is 9. The number of carbonyl (C=O) groups is 2. The largest absolute Gasteiger partial charge is 0.467 e. The van der Waals surface area contributed by atoms with Crippen molar-refractivity contribution < 1.29 is 14.0 Å². The summed E-state index contributed by atoms with van der Waals surface area (Å²) < 4.78 is 7.58. The maximum Gasteiger partial charge on any atom is 0.228 e. The Balaban J connectivity index is 1.45. The fourth-order valence-corrected chi connectivity index (χ4v) is 5.24. The summed E-state index contributed by atoms with van der Waals surface area (Å²) in [4.78, 5) is 27.7. The van der Waals surface area contributed by atoms with Gasteiger partial charge in [0.2, 0.25) is 11.9 Å². The Morgan fingerprint density at radius 1 is 1.19 bits per heavy atom. The SMILES string of the molecule is CC(=O)NCc1ccc(C(=O)CSc2nnc(N3CCCCC3)n2Cc2ccco2)s1. The Morgan fingerprint density at radius 3 is 2.77 bits per heavy atom. The van der Waals surface area contributed by atoms with Crippen LogP contribution in [0.5, 0.6) is 0 Å². The summed E-state index contributed by atoms with van der Waals surface area (Å²) in [5.41, 5.74) is 0. The van der Waals surface area contributed by atoms with Gasteiger partial charge in [-0.1, -0.05) is 11.8 Å². The molecule has 4 heterocycles. The molecule has 8 nitrogen and oxygen atoms in total. The van der Waals surface area contributed by atoms with Gasteiger partial charge in [0, 0.05) is 24.9 Å². The predicted octanol–water partition coefficient (Wildman–Crippen LogP) is 3.58. The van der Waals surface area contributed by atoms with Gasteiger partial charge in [-0.05, 0) is 43.5 Å². The normalized spacial score (nSPS) is 14.0. The van der Waals surface area contributed by atoms with Crippen molar-refractivity contribution >= 4 is 40.7 Å². The summed E-state index contributed by atoms with van der Waals surface area (Å²) in [6, 6.07) is 7.50. The molecule has 0 radical (unpaired) electrons. The topological polar surface area (TPSA) is 93.3 Å². The second kappa shape index (κ2) is 10.1. The van der Waals surface area contributed by atoms with Gasteiger partial charge in [-0.2, -0.15) is 0 Å². The van der Waals surface area contributed by atoms with E-state index in [0.29, 0.717) is 23.1 Å². The number of hydrogen-bond donors (Lipinski definition) is 1. The number of thiophene rings is 1. The van der Waals surface area contributed by atoms with E-state index < -0.39 is 0 Å². The van der Waals surface area contributed by atoms with Crippen molar-refractivity contribution in [3.05, 3.63) is 46.0 Å². The molecule has 1 aliphatic rings. The zero-order chi connectivity index (χ0) is 21.6. The smallest absolute Gasteiger partial charge is 0.228 e. The lowest BCUT2D eigenvalue weighted by Gasteiger charge is -2.27. The third kappa shape index (κ3) is 5.56. The van der Waals surface area contributed by atoms with E-state index in [1.807, 2.05) is 28.8 Å². The number of thioether (sulfide) groups is 1. The standard InChI is InChI=1S/C21H25N5O3S2/c1-15(27)22-12-17-7-8-19(31-17)18(28)14-30-21-24-23-20(25-9-3-2-4-10-25)26(21)13-16-6-5-11-29-16/h5-8,11H,2-4,9-10,12-14H2,1H3,(H,22,27). The molecular formula is C21H25N5O3S2. The highest BCUT2D eigenvalue weighted by atomic mass is 32.2. The highest BCUT2D eigenvalue weighted by Crippen LogP contribution is 2.27. The highest BCUT2D eigenvalue weighted by Gasteiger charge is 2.22. The molecule has 1 amide bonds. The molecule has 4 rings (SSSR count). The molecule has 0 spiro atoms. The number of hydrogen-bond acceptors (Lipinski definition) is 8. The van der Waals surface area contributed by atoms with Gasteiger partial charge in [-0.15, -0.1) is 21.5 Å². The van der Waals surface area contributed by atoms with Crippen molar-refractivity contribution in [3.8, 4) is 0 Å². The van der Waals surface area contributed by atoms with E-state index in [-0.39, 0.29) is 17.4 Å². The van der Waals surface area contributed by atoms with Crippen molar-refractivity contribution in [1.82, 2.24) is 20.1 Å². The van der Waals surface area contributed by atoms with Crippen molar-refractivity contribution in [2.75, 3.05) is 23.7 Å². The number of aromatic nitrogens is 3. The molecule has 0 saturated carbocycles. The lowest BCUT2D eigenvalue weighted by atomic mass is 10.1. The van der Waals surface area contributed by atoms with Crippen LogP contribution in [0.4, 0.5) is 5.95 Å². The average molecular weight is 460 g/mol. The van der Waals surface area contributed by atoms with Crippen LogP contribution in [0.1, 0.15) is 46.5 Å². The number of nitrogens with one attached hydrogen (secondary N) is 1. The number of anilines is 1. The van der Waals surface area contributed by atoms with Gasteiger partial charge in [-0.25, -0.2) is 0 Å². The molecule has 1 fully saturated rings. The fourth-order valence-electron chi connectivity index (χ4n) is 3.45. The van der Waals surface area contributed by atoms with Gasteiger partial charge in [0.15, 0.2) is 10.9 Å². The van der Waals surface area contributed by atoms with Gasteiger partial charge < -0.3 is 14.6 Å². The maximum atomic E-state index is 12.7. The van der Waals surface area contributed by atoms with Crippen LogP contribution in [0.15, 0.2) is 40.1 Å².